The number of rotatable bonds is 5. The van der Waals surface area contributed by atoms with E-state index in [1.54, 1.807) is 6.20 Å². The molecule has 3 nitrogen and oxygen atoms in total. The summed E-state index contributed by atoms with van der Waals surface area (Å²) in [6, 6.07) is 17.2. The Hall–Kier alpha value is -2.94. The van der Waals surface area contributed by atoms with Gasteiger partial charge in [-0.3, -0.25) is 4.79 Å². The van der Waals surface area contributed by atoms with Gasteiger partial charge in [-0.15, -0.1) is 0 Å². The molecule has 0 radical (unpaired) electrons. The smallest absolute Gasteiger partial charge is 0.226 e. The second-order valence-corrected chi connectivity index (χ2v) is 5.44. The minimum atomic E-state index is 0.0121. The SMILES string of the molecule is C=C(c1ccccc1)c1ncc(CC(=O)c2ccc(C)cc2)o1. The van der Waals surface area contributed by atoms with Crippen LogP contribution >= 0.6 is 0 Å². The molecule has 0 aliphatic rings. The van der Waals surface area contributed by atoms with E-state index in [1.807, 2.05) is 61.5 Å². The van der Waals surface area contributed by atoms with Crippen LogP contribution in [0.1, 0.15) is 33.1 Å². The van der Waals surface area contributed by atoms with Gasteiger partial charge in [-0.2, -0.15) is 0 Å². The molecule has 0 aliphatic carbocycles. The van der Waals surface area contributed by atoms with Crippen molar-refractivity contribution in [1.29, 1.82) is 0 Å². The Morgan fingerprint density at radius 3 is 2.43 bits per heavy atom. The molecule has 0 fully saturated rings. The van der Waals surface area contributed by atoms with Gasteiger partial charge in [-0.1, -0.05) is 66.7 Å². The lowest BCUT2D eigenvalue weighted by Crippen LogP contribution is -2.02. The van der Waals surface area contributed by atoms with E-state index in [2.05, 4.69) is 11.6 Å². The van der Waals surface area contributed by atoms with E-state index in [4.69, 9.17) is 4.42 Å². The van der Waals surface area contributed by atoms with E-state index in [-0.39, 0.29) is 12.2 Å². The van der Waals surface area contributed by atoms with Crippen molar-refractivity contribution >= 4 is 11.4 Å². The van der Waals surface area contributed by atoms with E-state index < -0.39 is 0 Å². The Bertz CT molecular complexity index is 830. The minimum absolute atomic E-state index is 0.0121. The van der Waals surface area contributed by atoms with Gasteiger partial charge >= 0.3 is 0 Å². The summed E-state index contributed by atoms with van der Waals surface area (Å²) in [6.07, 6.45) is 1.79. The predicted octanol–water partition coefficient (Wildman–Crippen LogP) is 4.47. The molecule has 0 saturated heterocycles. The predicted molar refractivity (Wildman–Crippen MR) is 90.3 cm³/mol. The van der Waals surface area contributed by atoms with Crippen molar-refractivity contribution in [3.05, 3.63) is 95.7 Å². The Morgan fingerprint density at radius 2 is 1.74 bits per heavy atom. The first-order valence-electron chi connectivity index (χ1n) is 7.43. The fraction of sp³-hybridized carbons (Fsp3) is 0.100. The zero-order valence-electron chi connectivity index (χ0n) is 13.0. The number of hydrogen-bond acceptors (Lipinski definition) is 3. The second kappa shape index (κ2) is 6.44. The molecule has 1 heterocycles. The molecular formula is C20H17NO2. The highest BCUT2D eigenvalue weighted by atomic mass is 16.4. The lowest BCUT2D eigenvalue weighted by Gasteiger charge is -2.01. The van der Waals surface area contributed by atoms with Gasteiger partial charge in [0, 0.05) is 11.1 Å². The highest BCUT2D eigenvalue weighted by molar-refractivity contribution is 5.97. The number of benzene rings is 2. The molecule has 0 unspecified atom stereocenters. The van der Waals surface area contributed by atoms with Crippen LogP contribution in [0.4, 0.5) is 0 Å². The standard InChI is InChI=1S/C20H17NO2/c1-14-8-10-17(11-9-14)19(22)12-18-13-21-20(23-18)15(2)16-6-4-3-5-7-16/h3-11,13H,2,12H2,1H3. The molecule has 3 rings (SSSR count). The molecule has 2 aromatic carbocycles. The molecular weight excluding hydrogens is 286 g/mol. The summed E-state index contributed by atoms with van der Waals surface area (Å²) in [5, 5.41) is 0. The number of carbonyl (C=O) groups excluding carboxylic acids is 1. The summed E-state index contributed by atoms with van der Waals surface area (Å²) < 4.78 is 5.68. The van der Waals surface area contributed by atoms with Crippen molar-refractivity contribution in [3.8, 4) is 0 Å². The summed E-state index contributed by atoms with van der Waals surface area (Å²) in [6.45, 7) is 6.01. The summed E-state index contributed by atoms with van der Waals surface area (Å²) in [5.41, 5.74) is 3.46. The van der Waals surface area contributed by atoms with Gasteiger partial charge < -0.3 is 4.42 Å². The maximum absolute atomic E-state index is 12.3. The molecule has 0 amide bonds. The number of Topliss-reactive ketones (excluding diaryl/α,β-unsaturated/α-hetero) is 1. The highest BCUT2D eigenvalue weighted by Gasteiger charge is 2.13. The number of oxazole rings is 1. The fourth-order valence-electron chi connectivity index (χ4n) is 2.29. The van der Waals surface area contributed by atoms with E-state index in [0.717, 1.165) is 11.1 Å². The minimum Gasteiger partial charge on any atom is -0.441 e. The van der Waals surface area contributed by atoms with Crippen LogP contribution < -0.4 is 0 Å². The van der Waals surface area contributed by atoms with Gasteiger partial charge in [0.1, 0.15) is 5.76 Å². The third kappa shape index (κ3) is 3.46. The van der Waals surface area contributed by atoms with Gasteiger partial charge in [0.05, 0.1) is 12.6 Å². The Kier molecular flexibility index (Phi) is 4.20. The lowest BCUT2D eigenvalue weighted by atomic mass is 10.1. The van der Waals surface area contributed by atoms with E-state index in [1.165, 1.54) is 0 Å². The first-order chi connectivity index (χ1) is 11.1. The number of hydrogen-bond donors (Lipinski definition) is 0. The van der Waals surface area contributed by atoms with Crippen LogP contribution in [-0.4, -0.2) is 10.8 Å². The largest absolute Gasteiger partial charge is 0.441 e. The van der Waals surface area contributed by atoms with Crippen molar-refractivity contribution in [2.75, 3.05) is 0 Å². The number of aryl methyl sites for hydroxylation is 1. The van der Waals surface area contributed by atoms with Crippen LogP contribution in [0.25, 0.3) is 5.57 Å². The second-order valence-electron chi connectivity index (χ2n) is 5.44. The van der Waals surface area contributed by atoms with Gasteiger partial charge in [-0.05, 0) is 12.5 Å². The summed E-state index contributed by atoms with van der Waals surface area (Å²) in [5.74, 6) is 1.00. The highest BCUT2D eigenvalue weighted by Crippen LogP contribution is 2.21. The molecule has 1 aromatic heterocycles. The first kappa shape index (κ1) is 15.0. The van der Waals surface area contributed by atoms with Crippen LogP contribution in [0.15, 0.2) is 71.8 Å². The Morgan fingerprint density at radius 1 is 1.04 bits per heavy atom. The van der Waals surface area contributed by atoms with Gasteiger partial charge in [0.25, 0.3) is 0 Å². The first-order valence-corrected chi connectivity index (χ1v) is 7.43. The zero-order chi connectivity index (χ0) is 16.2. The topological polar surface area (TPSA) is 43.1 Å². The Balaban J connectivity index is 1.73. The zero-order valence-corrected chi connectivity index (χ0v) is 13.0. The monoisotopic (exact) mass is 303 g/mol. The molecule has 0 saturated carbocycles. The fourth-order valence-corrected chi connectivity index (χ4v) is 2.29. The van der Waals surface area contributed by atoms with Crippen molar-refractivity contribution in [2.24, 2.45) is 0 Å². The maximum atomic E-state index is 12.3. The molecule has 0 aliphatic heterocycles. The van der Waals surface area contributed by atoms with Crippen molar-refractivity contribution in [3.63, 3.8) is 0 Å². The summed E-state index contributed by atoms with van der Waals surface area (Å²) in [4.78, 5) is 16.5. The molecule has 0 N–H and O–H groups in total. The average Bonchev–Trinajstić information content (AvgIpc) is 3.04. The average molecular weight is 303 g/mol. The normalized spacial score (nSPS) is 10.5. The van der Waals surface area contributed by atoms with E-state index in [0.29, 0.717) is 22.8 Å². The molecule has 3 heteroatoms. The van der Waals surface area contributed by atoms with Gasteiger partial charge in [0.2, 0.25) is 5.89 Å². The van der Waals surface area contributed by atoms with Crippen LogP contribution in [-0.2, 0) is 6.42 Å². The summed E-state index contributed by atoms with van der Waals surface area (Å²) in [7, 11) is 0. The van der Waals surface area contributed by atoms with Crippen LogP contribution in [0.2, 0.25) is 0 Å². The molecule has 23 heavy (non-hydrogen) atoms. The van der Waals surface area contributed by atoms with Crippen LogP contribution in [0.5, 0.6) is 0 Å². The van der Waals surface area contributed by atoms with Gasteiger partial charge in [-0.25, -0.2) is 4.98 Å². The molecule has 0 spiro atoms. The third-order valence-electron chi connectivity index (χ3n) is 3.64. The maximum Gasteiger partial charge on any atom is 0.226 e. The lowest BCUT2D eigenvalue weighted by molar-refractivity contribution is 0.0987. The molecule has 0 atom stereocenters. The Labute approximate surface area is 135 Å². The third-order valence-corrected chi connectivity index (χ3v) is 3.64. The quantitative estimate of drug-likeness (QED) is 0.653. The molecule has 0 bridgehead atoms. The van der Waals surface area contributed by atoms with Crippen molar-refractivity contribution < 1.29 is 9.21 Å². The van der Waals surface area contributed by atoms with E-state index in [9.17, 15) is 4.79 Å². The number of carbonyl (C=O) groups is 1. The number of nitrogens with zero attached hydrogens (tertiary/aromatic N) is 1. The van der Waals surface area contributed by atoms with Crippen LogP contribution in [0, 0.1) is 6.92 Å². The summed E-state index contributed by atoms with van der Waals surface area (Å²) >= 11 is 0. The number of ketones is 1. The van der Waals surface area contributed by atoms with Gasteiger partial charge in [0.15, 0.2) is 5.78 Å². The molecule has 3 aromatic rings. The van der Waals surface area contributed by atoms with Crippen molar-refractivity contribution in [2.45, 2.75) is 13.3 Å². The molecule has 114 valence electrons. The van der Waals surface area contributed by atoms with E-state index >= 15 is 0 Å². The van der Waals surface area contributed by atoms with Crippen molar-refractivity contribution in [1.82, 2.24) is 4.98 Å². The number of aromatic nitrogens is 1. The van der Waals surface area contributed by atoms with Crippen LogP contribution in [0.3, 0.4) is 0 Å².